The Balaban J connectivity index is 2.50. The molecule has 0 bridgehead atoms. The van der Waals surface area contributed by atoms with Crippen LogP contribution in [0, 0.1) is 10.8 Å². The van der Waals surface area contributed by atoms with E-state index in [1.54, 1.807) is 12.1 Å². The molecule has 23 heavy (non-hydrogen) atoms. The molecule has 0 saturated carbocycles. The van der Waals surface area contributed by atoms with E-state index < -0.39 is 16.8 Å². The summed E-state index contributed by atoms with van der Waals surface area (Å²) in [6, 6.07) is 6.32. The smallest absolute Gasteiger partial charge is 0.340 e. The predicted octanol–water partition coefficient (Wildman–Crippen LogP) is 1.06. The van der Waals surface area contributed by atoms with Crippen molar-refractivity contribution in [1.29, 1.82) is 0 Å². The van der Waals surface area contributed by atoms with Crippen molar-refractivity contribution in [2.45, 2.75) is 0 Å². The average molecular weight is 314 g/mol. The predicted molar refractivity (Wildman–Crippen MR) is 84.1 cm³/mol. The van der Waals surface area contributed by atoms with E-state index in [0.29, 0.717) is 11.1 Å². The Hall–Kier alpha value is -3.09. The second kappa shape index (κ2) is 5.28. The number of ether oxygens (including phenoxy) is 1. The van der Waals surface area contributed by atoms with Crippen LogP contribution < -0.4 is 15.8 Å². The van der Waals surface area contributed by atoms with Crippen molar-refractivity contribution in [3.05, 3.63) is 61.0 Å². The van der Waals surface area contributed by atoms with Crippen LogP contribution in [0.4, 0.5) is 5.69 Å². The van der Waals surface area contributed by atoms with Gasteiger partial charge in [0.15, 0.2) is 5.58 Å². The lowest BCUT2D eigenvalue weighted by molar-refractivity contribution is 0.0598. The van der Waals surface area contributed by atoms with Gasteiger partial charge in [0.25, 0.3) is 5.43 Å². The molecular formula is C16H14N2O5. The molecule has 0 unspecified atom stereocenters. The van der Waals surface area contributed by atoms with Crippen molar-refractivity contribution < 1.29 is 13.9 Å². The summed E-state index contributed by atoms with van der Waals surface area (Å²) >= 11 is 0. The van der Waals surface area contributed by atoms with Gasteiger partial charge in [-0.05, 0) is 12.1 Å². The minimum Gasteiger partial charge on any atom is -0.465 e. The van der Waals surface area contributed by atoms with E-state index in [2.05, 4.69) is 9.72 Å². The lowest BCUT2D eigenvalue weighted by atomic mass is 10.2. The summed E-state index contributed by atoms with van der Waals surface area (Å²) in [4.78, 5) is 40.5. The van der Waals surface area contributed by atoms with E-state index in [4.69, 9.17) is 4.42 Å². The molecule has 0 radical (unpaired) electrons. The Bertz CT molecular complexity index is 1090. The first-order valence-corrected chi connectivity index (χ1v) is 6.82. The lowest BCUT2D eigenvalue weighted by Gasteiger charge is -2.12. The van der Waals surface area contributed by atoms with Crippen molar-refractivity contribution in [2.24, 2.45) is 0 Å². The maximum atomic E-state index is 12.1. The zero-order valence-electron chi connectivity index (χ0n) is 12.8. The third-order valence-corrected chi connectivity index (χ3v) is 3.56. The summed E-state index contributed by atoms with van der Waals surface area (Å²) < 4.78 is 10.3. The number of anilines is 1. The van der Waals surface area contributed by atoms with Crippen LogP contribution in [0.15, 0.2) is 38.3 Å². The Morgan fingerprint density at radius 1 is 1.22 bits per heavy atom. The van der Waals surface area contributed by atoms with Gasteiger partial charge >= 0.3 is 5.97 Å². The van der Waals surface area contributed by atoms with Crippen LogP contribution in [0.2, 0.25) is 0 Å². The highest BCUT2D eigenvalue weighted by atomic mass is 16.5. The number of methoxy groups -OCH3 is 1. The number of H-pyrrole nitrogens is 1. The van der Waals surface area contributed by atoms with Crippen LogP contribution >= 0.6 is 0 Å². The van der Waals surface area contributed by atoms with Crippen LogP contribution in [-0.2, 0) is 4.74 Å². The molecule has 0 amide bonds. The second-order valence-corrected chi connectivity index (χ2v) is 5.25. The first kappa shape index (κ1) is 14.8. The minimum absolute atomic E-state index is 0.0329. The monoisotopic (exact) mass is 314 g/mol. The van der Waals surface area contributed by atoms with Gasteiger partial charge in [-0.2, -0.15) is 0 Å². The third-order valence-electron chi connectivity index (χ3n) is 3.56. The summed E-state index contributed by atoms with van der Waals surface area (Å²) in [5.41, 5.74) is 0.0106. The maximum Gasteiger partial charge on any atom is 0.340 e. The van der Waals surface area contributed by atoms with Crippen LogP contribution in [0.5, 0.6) is 0 Å². The Labute approximate surface area is 129 Å². The van der Waals surface area contributed by atoms with E-state index in [-0.39, 0.29) is 16.3 Å². The SMILES string of the molecule is COC(=O)c1cc(=O)c(=O)c2oc3cc(N(C)C)ccc3[nH]c1=2. The van der Waals surface area contributed by atoms with Crippen molar-refractivity contribution in [3.63, 3.8) is 0 Å². The molecular weight excluding hydrogens is 300 g/mol. The second-order valence-electron chi connectivity index (χ2n) is 5.25. The minimum atomic E-state index is -0.821. The number of carbonyl (C=O) groups is 1. The van der Waals surface area contributed by atoms with Gasteiger partial charge in [0.05, 0.1) is 18.2 Å². The van der Waals surface area contributed by atoms with Crippen molar-refractivity contribution in [2.75, 3.05) is 26.1 Å². The highest BCUT2D eigenvalue weighted by molar-refractivity contribution is 5.89. The van der Waals surface area contributed by atoms with E-state index in [9.17, 15) is 14.4 Å². The Morgan fingerprint density at radius 3 is 2.61 bits per heavy atom. The number of rotatable bonds is 2. The zero-order chi connectivity index (χ0) is 16.7. The Kier molecular flexibility index (Phi) is 3.40. The third kappa shape index (κ3) is 2.36. The van der Waals surface area contributed by atoms with Crippen molar-refractivity contribution >= 4 is 22.8 Å². The number of fused-ring (bicyclic) bond motifs is 1. The number of carbonyl (C=O) groups excluding carboxylic acids is 1. The van der Waals surface area contributed by atoms with Gasteiger partial charge in [-0.25, -0.2) is 4.79 Å². The molecule has 1 N–H and O–H groups in total. The molecule has 0 saturated heterocycles. The van der Waals surface area contributed by atoms with E-state index in [0.717, 1.165) is 11.8 Å². The molecule has 0 atom stereocenters. The largest absolute Gasteiger partial charge is 0.465 e. The van der Waals surface area contributed by atoms with Gasteiger partial charge in [-0.1, -0.05) is 0 Å². The van der Waals surface area contributed by atoms with Crippen molar-refractivity contribution in [1.82, 2.24) is 4.98 Å². The Morgan fingerprint density at radius 2 is 1.96 bits per heavy atom. The summed E-state index contributed by atoms with van der Waals surface area (Å²) in [6.45, 7) is 0. The fraction of sp³-hybridized carbons (Fsp3) is 0.188. The number of nitrogens with zero attached hydrogens (tertiary/aromatic N) is 1. The standard InChI is InChI=1S/C16H14N2O5/c1-18(2)8-4-5-10-12(6-8)23-15-13(17-10)9(16(21)22-3)7-11(19)14(15)20/h4-7,17H,1-3H3. The van der Waals surface area contributed by atoms with Crippen molar-refractivity contribution in [3.8, 4) is 0 Å². The fourth-order valence-electron chi connectivity index (χ4n) is 2.33. The molecule has 118 valence electrons. The molecule has 0 spiro atoms. The first-order valence-electron chi connectivity index (χ1n) is 6.82. The van der Waals surface area contributed by atoms with E-state index in [1.165, 1.54) is 7.11 Å². The maximum absolute atomic E-state index is 12.1. The van der Waals surface area contributed by atoms with Gasteiger partial charge in [0.2, 0.25) is 10.8 Å². The molecule has 0 fully saturated rings. The summed E-state index contributed by atoms with van der Waals surface area (Å²) in [7, 11) is 4.94. The molecule has 2 aliphatic rings. The van der Waals surface area contributed by atoms with Gasteiger partial charge < -0.3 is 19.0 Å². The van der Waals surface area contributed by atoms with Crippen LogP contribution in [-0.4, -0.2) is 32.2 Å². The van der Waals surface area contributed by atoms with E-state index in [1.807, 2.05) is 25.1 Å². The highest BCUT2D eigenvalue weighted by Crippen LogP contribution is 2.20. The molecule has 1 aliphatic heterocycles. The molecule has 0 aromatic heterocycles. The average Bonchev–Trinajstić information content (AvgIpc) is 2.55. The zero-order valence-corrected chi connectivity index (χ0v) is 12.8. The number of nitrogens with one attached hydrogen (secondary N) is 1. The fourth-order valence-corrected chi connectivity index (χ4v) is 2.33. The van der Waals surface area contributed by atoms with E-state index >= 15 is 0 Å². The highest BCUT2D eigenvalue weighted by Gasteiger charge is 2.16. The number of benzene rings is 1. The van der Waals surface area contributed by atoms with Gasteiger partial charge in [0, 0.05) is 31.9 Å². The molecule has 1 aliphatic carbocycles. The number of aromatic nitrogens is 1. The van der Waals surface area contributed by atoms with Gasteiger partial charge in [0.1, 0.15) is 5.35 Å². The number of esters is 1. The van der Waals surface area contributed by atoms with Crippen LogP contribution in [0.3, 0.4) is 0 Å². The summed E-state index contributed by atoms with van der Waals surface area (Å²) in [5, 5.41) is 0.145. The van der Waals surface area contributed by atoms with Crippen LogP contribution in [0.25, 0.3) is 11.1 Å². The molecule has 3 rings (SSSR count). The van der Waals surface area contributed by atoms with Crippen LogP contribution in [0.1, 0.15) is 10.4 Å². The number of hydrogen-bond acceptors (Lipinski definition) is 6. The first-order chi connectivity index (χ1) is 10.9. The molecule has 7 heteroatoms. The molecule has 7 nitrogen and oxygen atoms in total. The van der Waals surface area contributed by atoms with Gasteiger partial charge in [-0.3, -0.25) is 9.59 Å². The molecule has 1 aromatic rings. The molecule has 1 heterocycles. The lowest BCUT2D eigenvalue weighted by Crippen LogP contribution is -2.27. The normalized spacial score (nSPS) is 10.9. The quantitative estimate of drug-likeness (QED) is 0.561. The topological polar surface area (TPSA) is 92.6 Å². The number of aromatic amines is 1. The van der Waals surface area contributed by atoms with Gasteiger partial charge in [-0.15, -0.1) is 0 Å². The number of hydrogen-bond donors (Lipinski definition) is 1. The summed E-state index contributed by atoms with van der Waals surface area (Å²) in [6.07, 6.45) is 0. The molecule has 1 aromatic carbocycles. The summed E-state index contributed by atoms with van der Waals surface area (Å²) in [5.74, 6) is -0.720.